The van der Waals surface area contributed by atoms with Gasteiger partial charge in [-0.25, -0.2) is 4.98 Å². The Morgan fingerprint density at radius 3 is 2.95 bits per heavy atom. The summed E-state index contributed by atoms with van der Waals surface area (Å²) in [7, 11) is 0. The van der Waals surface area contributed by atoms with E-state index in [1.807, 2.05) is 48.8 Å². The van der Waals surface area contributed by atoms with Crippen molar-refractivity contribution in [3.8, 4) is 0 Å². The van der Waals surface area contributed by atoms with Gasteiger partial charge in [-0.1, -0.05) is 6.07 Å². The fourth-order valence-corrected chi connectivity index (χ4v) is 2.27. The zero-order chi connectivity index (χ0) is 14.8. The van der Waals surface area contributed by atoms with Crippen LogP contribution in [-0.2, 0) is 13.1 Å². The first kappa shape index (κ1) is 13.4. The lowest BCUT2D eigenvalue weighted by atomic mass is 10.3. The molecule has 108 valence electrons. The topological polar surface area (TPSA) is 64.2 Å². The Hall–Kier alpha value is -2.63. The minimum absolute atomic E-state index is 0.178. The van der Waals surface area contributed by atoms with Crippen LogP contribution in [0.1, 0.15) is 28.8 Å². The van der Waals surface area contributed by atoms with Gasteiger partial charge in [0.2, 0.25) is 0 Å². The first-order valence-corrected chi connectivity index (χ1v) is 6.92. The van der Waals surface area contributed by atoms with Gasteiger partial charge in [-0.3, -0.25) is 9.48 Å². The Morgan fingerprint density at radius 1 is 1.38 bits per heavy atom. The van der Waals surface area contributed by atoms with Crippen LogP contribution in [-0.4, -0.2) is 25.1 Å². The van der Waals surface area contributed by atoms with Crippen molar-refractivity contribution in [1.29, 1.82) is 0 Å². The van der Waals surface area contributed by atoms with Crippen LogP contribution in [0.4, 0.5) is 0 Å². The van der Waals surface area contributed by atoms with Gasteiger partial charge in [0.05, 0.1) is 12.2 Å². The van der Waals surface area contributed by atoms with Crippen molar-refractivity contribution >= 4 is 11.6 Å². The molecule has 0 fully saturated rings. The number of nitrogens with one attached hydrogen (secondary N) is 1. The molecule has 0 aliphatic rings. The molecular formula is C15H17N5O. The highest BCUT2D eigenvalue weighted by Crippen LogP contribution is 2.06. The fourth-order valence-electron chi connectivity index (χ4n) is 2.27. The molecule has 0 saturated heterocycles. The number of imidazole rings is 1. The second-order valence-corrected chi connectivity index (χ2v) is 4.87. The molecule has 6 heteroatoms. The largest absolute Gasteiger partial charge is 0.345 e. The van der Waals surface area contributed by atoms with E-state index in [1.165, 1.54) is 0 Å². The van der Waals surface area contributed by atoms with Crippen molar-refractivity contribution in [2.75, 3.05) is 0 Å². The molecule has 0 saturated carbocycles. The highest BCUT2D eigenvalue weighted by molar-refractivity contribution is 5.92. The summed E-state index contributed by atoms with van der Waals surface area (Å²) in [5, 5.41) is 7.11. The maximum atomic E-state index is 12.1. The normalized spacial score (nSPS) is 11.0. The molecular weight excluding hydrogens is 266 g/mol. The maximum Gasteiger partial charge on any atom is 0.272 e. The summed E-state index contributed by atoms with van der Waals surface area (Å²) in [5.41, 5.74) is 3.11. The molecule has 3 aromatic rings. The summed E-state index contributed by atoms with van der Waals surface area (Å²) >= 11 is 0. The third-order valence-corrected chi connectivity index (χ3v) is 3.36. The number of aromatic nitrogens is 4. The molecule has 0 bridgehead atoms. The number of fused-ring (bicyclic) bond motifs is 1. The van der Waals surface area contributed by atoms with Crippen LogP contribution in [0.3, 0.4) is 0 Å². The van der Waals surface area contributed by atoms with Gasteiger partial charge in [0.25, 0.3) is 5.91 Å². The van der Waals surface area contributed by atoms with Crippen LogP contribution >= 0.6 is 0 Å². The zero-order valence-electron chi connectivity index (χ0n) is 12.1. The third kappa shape index (κ3) is 2.65. The average molecular weight is 283 g/mol. The van der Waals surface area contributed by atoms with E-state index < -0.39 is 0 Å². The fraction of sp³-hybridized carbons (Fsp3) is 0.267. The highest BCUT2D eigenvalue weighted by atomic mass is 16.1. The molecule has 21 heavy (non-hydrogen) atoms. The van der Waals surface area contributed by atoms with Gasteiger partial charge in [-0.05, 0) is 32.0 Å². The van der Waals surface area contributed by atoms with Crippen molar-refractivity contribution in [3.63, 3.8) is 0 Å². The van der Waals surface area contributed by atoms with E-state index in [-0.39, 0.29) is 5.91 Å². The predicted octanol–water partition coefficient (Wildman–Crippen LogP) is 1.79. The van der Waals surface area contributed by atoms with E-state index >= 15 is 0 Å². The summed E-state index contributed by atoms with van der Waals surface area (Å²) < 4.78 is 3.73. The van der Waals surface area contributed by atoms with Crippen molar-refractivity contribution < 1.29 is 4.79 Å². The number of amides is 1. The van der Waals surface area contributed by atoms with E-state index in [0.29, 0.717) is 12.2 Å². The molecule has 0 unspecified atom stereocenters. The maximum absolute atomic E-state index is 12.1. The highest BCUT2D eigenvalue weighted by Gasteiger charge is 2.12. The zero-order valence-corrected chi connectivity index (χ0v) is 12.1. The Kier molecular flexibility index (Phi) is 3.43. The summed E-state index contributed by atoms with van der Waals surface area (Å²) in [6.07, 6.45) is 3.84. The van der Waals surface area contributed by atoms with Crippen molar-refractivity contribution in [2.24, 2.45) is 0 Å². The average Bonchev–Trinajstić information content (AvgIpc) is 3.07. The molecule has 0 aliphatic carbocycles. The Balaban J connectivity index is 1.70. The second-order valence-electron chi connectivity index (χ2n) is 4.87. The van der Waals surface area contributed by atoms with Gasteiger partial charge < -0.3 is 9.72 Å². The lowest BCUT2D eigenvalue weighted by Gasteiger charge is -2.00. The Morgan fingerprint density at radius 2 is 2.24 bits per heavy atom. The van der Waals surface area contributed by atoms with Crippen molar-refractivity contribution in [2.45, 2.75) is 26.9 Å². The first-order chi connectivity index (χ1) is 10.2. The molecule has 0 aromatic carbocycles. The number of nitrogens with zero attached hydrogens (tertiary/aromatic N) is 4. The summed E-state index contributed by atoms with van der Waals surface area (Å²) in [4.78, 5) is 16.5. The van der Waals surface area contributed by atoms with Gasteiger partial charge in [0, 0.05) is 24.6 Å². The Bertz CT molecular complexity index is 753. The van der Waals surface area contributed by atoms with Crippen LogP contribution in [0.25, 0.3) is 5.65 Å². The van der Waals surface area contributed by atoms with Gasteiger partial charge in [0.15, 0.2) is 0 Å². The molecule has 3 rings (SSSR count). The molecule has 3 heterocycles. The summed E-state index contributed by atoms with van der Waals surface area (Å²) in [5.74, 6) is -0.178. The third-order valence-electron chi connectivity index (χ3n) is 3.36. The minimum atomic E-state index is -0.178. The van der Waals surface area contributed by atoms with Crippen LogP contribution < -0.4 is 5.32 Å². The molecule has 1 amide bonds. The van der Waals surface area contributed by atoms with Crippen molar-refractivity contribution in [3.05, 3.63) is 53.7 Å². The van der Waals surface area contributed by atoms with E-state index in [2.05, 4.69) is 15.4 Å². The molecule has 0 aliphatic heterocycles. The molecule has 0 atom stereocenters. The number of carbonyl (C=O) groups excluding carboxylic acids is 1. The summed E-state index contributed by atoms with van der Waals surface area (Å²) in [6, 6.07) is 7.60. The van der Waals surface area contributed by atoms with Crippen LogP contribution in [0.5, 0.6) is 0 Å². The molecule has 3 aromatic heterocycles. The van der Waals surface area contributed by atoms with Crippen LogP contribution in [0, 0.1) is 6.92 Å². The number of carbonyl (C=O) groups is 1. The quantitative estimate of drug-likeness (QED) is 0.794. The monoisotopic (exact) mass is 283 g/mol. The predicted molar refractivity (Wildman–Crippen MR) is 79.0 cm³/mol. The number of aryl methyl sites for hydroxylation is 2. The summed E-state index contributed by atoms with van der Waals surface area (Å²) in [6.45, 7) is 5.08. The molecule has 6 nitrogen and oxygen atoms in total. The number of rotatable bonds is 4. The number of pyridine rings is 1. The Labute approximate surface area is 122 Å². The molecule has 0 radical (unpaired) electrons. The van der Waals surface area contributed by atoms with E-state index in [9.17, 15) is 4.79 Å². The van der Waals surface area contributed by atoms with Gasteiger partial charge in [-0.2, -0.15) is 5.10 Å². The molecule has 1 N–H and O–H groups in total. The van der Waals surface area contributed by atoms with E-state index in [4.69, 9.17) is 0 Å². The lowest BCUT2D eigenvalue weighted by molar-refractivity contribution is 0.0944. The number of hydrogen-bond acceptors (Lipinski definition) is 3. The van der Waals surface area contributed by atoms with E-state index in [0.717, 1.165) is 23.6 Å². The van der Waals surface area contributed by atoms with Crippen molar-refractivity contribution in [1.82, 2.24) is 24.5 Å². The number of hydrogen-bond donors (Lipinski definition) is 1. The van der Waals surface area contributed by atoms with Gasteiger partial charge in [0.1, 0.15) is 11.3 Å². The standard InChI is InChI=1S/C15H17N5O/c1-3-20-11(2)8-13(18-20)15(21)16-9-12-10-19-7-5-4-6-14(19)17-12/h4-8,10H,3,9H2,1-2H3,(H,16,21). The second kappa shape index (κ2) is 5.40. The minimum Gasteiger partial charge on any atom is -0.345 e. The van der Waals surface area contributed by atoms with Crippen LogP contribution in [0.2, 0.25) is 0 Å². The smallest absolute Gasteiger partial charge is 0.272 e. The van der Waals surface area contributed by atoms with E-state index in [1.54, 1.807) is 10.7 Å². The van der Waals surface area contributed by atoms with Gasteiger partial charge >= 0.3 is 0 Å². The van der Waals surface area contributed by atoms with Gasteiger partial charge in [-0.15, -0.1) is 0 Å². The first-order valence-electron chi connectivity index (χ1n) is 6.92. The molecule has 0 spiro atoms. The SMILES string of the molecule is CCn1nc(C(=O)NCc2cn3ccccc3n2)cc1C. The lowest BCUT2D eigenvalue weighted by Crippen LogP contribution is -2.23. The van der Waals surface area contributed by atoms with Crippen LogP contribution in [0.15, 0.2) is 36.7 Å².